The predicted molar refractivity (Wildman–Crippen MR) is 33.6 cm³/mol. The summed E-state index contributed by atoms with van der Waals surface area (Å²) < 4.78 is 5.02. The maximum Gasteiger partial charge on any atom is 0.132 e. The van der Waals surface area contributed by atoms with Gasteiger partial charge in [-0.15, -0.1) is 0 Å². The summed E-state index contributed by atoms with van der Waals surface area (Å²) in [7, 11) is 0. The summed E-state index contributed by atoms with van der Waals surface area (Å²) in [5.41, 5.74) is 0. The lowest BCUT2D eigenvalue weighted by Crippen LogP contribution is -1.97. The molecule has 0 aliphatic carbocycles. The van der Waals surface area contributed by atoms with E-state index < -0.39 is 0 Å². The lowest BCUT2D eigenvalue weighted by molar-refractivity contribution is 0.105. The fourth-order valence-electron chi connectivity index (χ4n) is 0.667. The minimum Gasteiger partial charge on any atom is -0.461 e. The molecule has 0 spiro atoms. The molecular formula is C6H9NO3. The van der Waals surface area contributed by atoms with Crippen LogP contribution in [0.1, 0.15) is 11.5 Å². The molecule has 1 aromatic rings. The lowest BCUT2D eigenvalue weighted by Gasteiger charge is -1.90. The average molecular weight is 143 g/mol. The number of hydrogen-bond donors (Lipinski definition) is 2. The van der Waals surface area contributed by atoms with Crippen molar-refractivity contribution < 1.29 is 14.4 Å². The summed E-state index contributed by atoms with van der Waals surface area (Å²) in [6, 6.07) is 3.38. The van der Waals surface area contributed by atoms with Gasteiger partial charge in [0.05, 0.1) is 0 Å². The molecule has 56 valence electrons. The highest BCUT2D eigenvalue weighted by atomic mass is 16.6. The number of hydrogen-bond acceptors (Lipinski definition) is 4. The fraction of sp³-hybridized carbons (Fsp3) is 0.333. The molecule has 0 unspecified atom stereocenters. The van der Waals surface area contributed by atoms with Crippen molar-refractivity contribution in [3.63, 3.8) is 0 Å². The third kappa shape index (κ3) is 1.57. The quantitative estimate of drug-likeness (QED) is 0.591. The zero-order valence-corrected chi connectivity index (χ0v) is 5.41. The number of rotatable bonds is 3. The summed E-state index contributed by atoms with van der Waals surface area (Å²) in [4.78, 5) is 4.31. The molecule has 0 aliphatic heterocycles. The summed E-state index contributed by atoms with van der Waals surface area (Å²) in [5.74, 6) is 5.93. The first kappa shape index (κ1) is 7.27. The molecule has 0 saturated heterocycles. The van der Waals surface area contributed by atoms with Crippen LogP contribution in [0.5, 0.6) is 0 Å². The van der Waals surface area contributed by atoms with Gasteiger partial charge in [-0.1, -0.05) is 0 Å². The number of aliphatic hydroxyl groups is 1. The van der Waals surface area contributed by atoms with Crippen LogP contribution in [0, 0.1) is 0 Å². The van der Waals surface area contributed by atoms with E-state index in [9.17, 15) is 0 Å². The van der Waals surface area contributed by atoms with Crippen molar-refractivity contribution in [2.45, 2.75) is 13.2 Å². The van der Waals surface area contributed by atoms with Gasteiger partial charge in [-0.2, -0.15) is 0 Å². The van der Waals surface area contributed by atoms with Crippen LogP contribution in [-0.2, 0) is 18.1 Å². The van der Waals surface area contributed by atoms with E-state index in [1.165, 1.54) is 0 Å². The third-order valence-corrected chi connectivity index (χ3v) is 1.10. The van der Waals surface area contributed by atoms with Crippen molar-refractivity contribution in [1.29, 1.82) is 0 Å². The zero-order chi connectivity index (χ0) is 7.40. The van der Waals surface area contributed by atoms with Crippen molar-refractivity contribution in [3.8, 4) is 0 Å². The number of furan rings is 1. The Hall–Kier alpha value is -0.840. The largest absolute Gasteiger partial charge is 0.461 e. The Morgan fingerprint density at radius 2 is 2.20 bits per heavy atom. The molecular weight excluding hydrogens is 134 g/mol. The Morgan fingerprint density at radius 3 is 2.70 bits per heavy atom. The van der Waals surface area contributed by atoms with Crippen LogP contribution in [0.2, 0.25) is 0 Å². The Morgan fingerprint density at radius 1 is 1.50 bits per heavy atom. The smallest absolute Gasteiger partial charge is 0.132 e. The van der Waals surface area contributed by atoms with Gasteiger partial charge in [-0.25, -0.2) is 5.90 Å². The van der Waals surface area contributed by atoms with Gasteiger partial charge >= 0.3 is 0 Å². The maximum atomic E-state index is 8.55. The molecule has 1 aromatic heterocycles. The summed E-state index contributed by atoms with van der Waals surface area (Å²) in [6.07, 6.45) is 0. The van der Waals surface area contributed by atoms with Gasteiger partial charge in [0.1, 0.15) is 24.7 Å². The van der Waals surface area contributed by atoms with Gasteiger partial charge < -0.3 is 9.52 Å². The predicted octanol–water partition coefficient (Wildman–Crippen LogP) is 0.162. The van der Waals surface area contributed by atoms with Crippen molar-refractivity contribution in [3.05, 3.63) is 23.7 Å². The molecule has 1 heterocycles. The van der Waals surface area contributed by atoms with Crippen LogP contribution in [0.4, 0.5) is 0 Å². The SMILES string of the molecule is NOCc1ccc(CO)o1. The van der Waals surface area contributed by atoms with Crippen molar-refractivity contribution in [2.24, 2.45) is 5.90 Å². The maximum absolute atomic E-state index is 8.55. The number of aliphatic hydroxyl groups excluding tert-OH is 1. The van der Waals surface area contributed by atoms with Crippen LogP contribution in [0.3, 0.4) is 0 Å². The second-order valence-corrected chi connectivity index (χ2v) is 1.84. The summed E-state index contributed by atoms with van der Waals surface area (Å²) >= 11 is 0. The van der Waals surface area contributed by atoms with E-state index in [4.69, 9.17) is 15.4 Å². The Balaban J connectivity index is 2.59. The minimum absolute atomic E-state index is 0.0927. The minimum atomic E-state index is -0.0927. The molecule has 0 fully saturated rings. The van der Waals surface area contributed by atoms with Gasteiger partial charge in [-0.3, -0.25) is 4.84 Å². The van der Waals surface area contributed by atoms with Crippen LogP contribution < -0.4 is 5.90 Å². The van der Waals surface area contributed by atoms with E-state index in [1.807, 2.05) is 0 Å². The Kier molecular flexibility index (Phi) is 2.44. The molecule has 0 atom stereocenters. The monoisotopic (exact) mass is 143 g/mol. The van der Waals surface area contributed by atoms with Crippen LogP contribution in [0.15, 0.2) is 16.5 Å². The van der Waals surface area contributed by atoms with Gasteiger partial charge in [-0.05, 0) is 12.1 Å². The highest BCUT2D eigenvalue weighted by molar-refractivity contribution is 5.05. The van der Waals surface area contributed by atoms with E-state index in [0.717, 1.165) is 0 Å². The Labute approximate surface area is 58.2 Å². The molecule has 10 heavy (non-hydrogen) atoms. The lowest BCUT2D eigenvalue weighted by atomic mass is 10.4. The molecule has 0 aromatic carbocycles. The Bertz CT molecular complexity index is 197. The fourth-order valence-corrected chi connectivity index (χ4v) is 0.667. The summed E-state index contributed by atoms with van der Waals surface area (Å²) in [6.45, 7) is 0.143. The van der Waals surface area contributed by atoms with Gasteiger partial charge in [0.15, 0.2) is 0 Å². The van der Waals surface area contributed by atoms with Crippen LogP contribution >= 0.6 is 0 Å². The van der Waals surface area contributed by atoms with Crippen LogP contribution in [-0.4, -0.2) is 5.11 Å². The summed E-state index contributed by atoms with van der Waals surface area (Å²) in [5, 5.41) is 8.55. The molecule has 4 nitrogen and oxygen atoms in total. The van der Waals surface area contributed by atoms with Crippen molar-refractivity contribution >= 4 is 0 Å². The molecule has 0 saturated carbocycles. The number of nitrogens with two attached hydrogens (primary N) is 1. The standard InChI is InChI=1S/C6H9NO3/c7-9-4-6-2-1-5(3-8)10-6/h1-2,8H,3-4,7H2. The molecule has 0 bridgehead atoms. The molecule has 0 amide bonds. The normalized spacial score (nSPS) is 10.2. The molecule has 4 heteroatoms. The zero-order valence-electron chi connectivity index (χ0n) is 5.41. The topological polar surface area (TPSA) is 68.6 Å². The first-order chi connectivity index (χ1) is 4.86. The van der Waals surface area contributed by atoms with Crippen LogP contribution in [0.25, 0.3) is 0 Å². The highest BCUT2D eigenvalue weighted by Gasteiger charge is 1.98. The molecule has 0 radical (unpaired) electrons. The first-order valence-electron chi connectivity index (χ1n) is 2.87. The van der Waals surface area contributed by atoms with Crippen molar-refractivity contribution in [1.82, 2.24) is 0 Å². The second-order valence-electron chi connectivity index (χ2n) is 1.84. The van der Waals surface area contributed by atoms with Gasteiger partial charge in [0, 0.05) is 0 Å². The molecule has 0 aliphatic rings. The van der Waals surface area contributed by atoms with E-state index in [-0.39, 0.29) is 13.2 Å². The van der Waals surface area contributed by atoms with E-state index in [0.29, 0.717) is 11.5 Å². The molecule has 3 N–H and O–H groups in total. The van der Waals surface area contributed by atoms with Gasteiger partial charge in [0.25, 0.3) is 0 Å². The third-order valence-electron chi connectivity index (χ3n) is 1.10. The van der Waals surface area contributed by atoms with Crippen molar-refractivity contribution in [2.75, 3.05) is 0 Å². The van der Waals surface area contributed by atoms with Gasteiger partial charge in [0.2, 0.25) is 0 Å². The van der Waals surface area contributed by atoms with E-state index in [2.05, 4.69) is 4.84 Å². The second kappa shape index (κ2) is 3.36. The first-order valence-corrected chi connectivity index (χ1v) is 2.87. The molecule has 1 rings (SSSR count). The highest BCUT2D eigenvalue weighted by Crippen LogP contribution is 2.07. The van der Waals surface area contributed by atoms with E-state index in [1.54, 1.807) is 12.1 Å². The van der Waals surface area contributed by atoms with E-state index >= 15 is 0 Å². The average Bonchev–Trinajstić information content (AvgIpc) is 2.37.